The summed E-state index contributed by atoms with van der Waals surface area (Å²) in [6, 6.07) is 12.1. The Morgan fingerprint density at radius 1 is 1.00 bits per heavy atom. The number of imide groups is 1. The van der Waals surface area contributed by atoms with Crippen LogP contribution in [0.1, 0.15) is 5.69 Å². The highest BCUT2D eigenvalue weighted by atomic mass is 32.2. The van der Waals surface area contributed by atoms with Crippen molar-refractivity contribution in [1.82, 2.24) is 15.3 Å². The van der Waals surface area contributed by atoms with Gasteiger partial charge in [-0.05, 0) is 36.0 Å². The van der Waals surface area contributed by atoms with E-state index >= 15 is 0 Å². The molecule has 0 spiro atoms. The molecule has 3 heterocycles. The molecular weight excluding hydrogens is 350 g/mol. The first kappa shape index (κ1) is 16.6. The Labute approximate surface area is 155 Å². The normalized spacial score (nSPS) is 19.2. The van der Waals surface area contributed by atoms with E-state index in [-0.39, 0.29) is 11.1 Å². The van der Waals surface area contributed by atoms with Gasteiger partial charge in [-0.3, -0.25) is 14.9 Å². The summed E-state index contributed by atoms with van der Waals surface area (Å²) in [4.78, 5) is 36.7. The second-order valence-corrected chi connectivity index (χ2v) is 6.96. The Balaban J connectivity index is 1.45. The van der Waals surface area contributed by atoms with E-state index < -0.39 is 0 Å². The van der Waals surface area contributed by atoms with Gasteiger partial charge in [0.2, 0.25) is 5.95 Å². The molecule has 8 heteroatoms. The Hall–Kier alpha value is -2.87. The molecule has 0 atom stereocenters. The third-order valence-electron chi connectivity index (χ3n) is 4.27. The standard InChI is InChI=1S/C18H17N5O2S/c24-16-15(26-18(25)21-16)12-13-6-7-19-17(20-13)23-10-8-22(9-11-23)14-4-2-1-3-5-14/h1-7,12H,8-11H2,(H,21,24,25)/b15-12+. The van der Waals surface area contributed by atoms with Gasteiger partial charge in [-0.1, -0.05) is 18.2 Å². The number of hydrogen-bond acceptors (Lipinski definition) is 7. The van der Waals surface area contributed by atoms with Crippen molar-refractivity contribution in [2.24, 2.45) is 0 Å². The molecule has 4 rings (SSSR count). The van der Waals surface area contributed by atoms with Crippen LogP contribution in [0.2, 0.25) is 0 Å². The average molecular weight is 367 g/mol. The fourth-order valence-corrected chi connectivity index (χ4v) is 3.62. The minimum absolute atomic E-state index is 0.354. The van der Waals surface area contributed by atoms with Gasteiger partial charge in [-0.25, -0.2) is 9.97 Å². The quantitative estimate of drug-likeness (QED) is 0.833. The highest BCUT2D eigenvalue weighted by molar-refractivity contribution is 8.18. The first-order valence-corrected chi connectivity index (χ1v) is 9.13. The molecule has 0 saturated carbocycles. The molecule has 0 aliphatic carbocycles. The van der Waals surface area contributed by atoms with E-state index in [0.717, 1.165) is 37.9 Å². The number of nitrogens with one attached hydrogen (secondary N) is 1. The molecule has 0 unspecified atom stereocenters. The summed E-state index contributed by atoms with van der Waals surface area (Å²) in [6.45, 7) is 3.43. The van der Waals surface area contributed by atoms with Gasteiger partial charge in [-0.2, -0.15) is 0 Å². The summed E-state index contributed by atoms with van der Waals surface area (Å²) in [5, 5.41) is 1.89. The molecule has 0 bridgehead atoms. The van der Waals surface area contributed by atoms with E-state index in [4.69, 9.17) is 0 Å². The molecule has 2 aliphatic heterocycles. The fourth-order valence-electron chi connectivity index (χ4n) is 2.95. The smallest absolute Gasteiger partial charge is 0.290 e. The van der Waals surface area contributed by atoms with Gasteiger partial charge < -0.3 is 9.80 Å². The van der Waals surface area contributed by atoms with E-state index in [1.807, 2.05) is 18.2 Å². The first-order valence-electron chi connectivity index (χ1n) is 8.32. The van der Waals surface area contributed by atoms with Crippen LogP contribution in [0.5, 0.6) is 0 Å². The van der Waals surface area contributed by atoms with E-state index in [0.29, 0.717) is 16.5 Å². The number of para-hydroxylation sites is 1. The van der Waals surface area contributed by atoms with Crippen LogP contribution in [0.25, 0.3) is 6.08 Å². The highest BCUT2D eigenvalue weighted by Crippen LogP contribution is 2.25. The average Bonchev–Trinajstić information content (AvgIpc) is 3.00. The maximum absolute atomic E-state index is 11.7. The number of hydrogen-bond donors (Lipinski definition) is 1. The SMILES string of the molecule is O=C1NC(=O)/C(=C\c2ccnc(N3CCN(c4ccccc4)CC3)n2)S1. The zero-order valence-electron chi connectivity index (χ0n) is 14.0. The topological polar surface area (TPSA) is 78.4 Å². The largest absolute Gasteiger partial charge is 0.368 e. The van der Waals surface area contributed by atoms with Crippen molar-refractivity contribution >= 4 is 40.6 Å². The number of benzene rings is 1. The molecule has 0 radical (unpaired) electrons. The minimum Gasteiger partial charge on any atom is -0.368 e. The number of piperazine rings is 1. The van der Waals surface area contributed by atoms with Gasteiger partial charge in [0.05, 0.1) is 10.6 Å². The number of aromatic nitrogens is 2. The van der Waals surface area contributed by atoms with Crippen molar-refractivity contribution in [3.8, 4) is 0 Å². The van der Waals surface area contributed by atoms with Crippen molar-refractivity contribution in [1.29, 1.82) is 0 Å². The lowest BCUT2D eigenvalue weighted by molar-refractivity contribution is -0.115. The third-order valence-corrected chi connectivity index (χ3v) is 5.08. The van der Waals surface area contributed by atoms with Crippen LogP contribution in [0.15, 0.2) is 47.5 Å². The van der Waals surface area contributed by atoms with Crippen LogP contribution in [0, 0.1) is 0 Å². The molecule has 1 aromatic carbocycles. The zero-order chi connectivity index (χ0) is 17.9. The molecular formula is C18H17N5O2S. The van der Waals surface area contributed by atoms with Crippen LogP contribution >= 0.6 is 11.8 Å². The third kappa shape index (κ3) is 3.55. The molecule has 26 heavy (non-hydrogen) atoms. The number of carbonyl (C=O) groups excluding carboxylic acids is 2. The number of anilines is 2. The van der Waals surface area contributed by atoms with Gasteiger partial charge in [0.1, 0.15) is 0 Å². The van der Waals surface area contributed by atoms with Crippen LogP contribution in [0.3, 0.4) is 0 Å². The number of rotatable bonds is 3. The molecule has 2 fully saturated rings. The lowest BCUT2D eigenvalue weighted by Gasteiger charge is -2.36. The summed E-state index contributed by atoms with van der Waals surface area (Å²) in [7, 11) is 0. The van der Waals surface area contributed by atoms with Gasteiger partial charge in [0.15, 0.2) is 0 Å². The minimum atomic E-state index is -0.378. The molecule has 132 valence electrons. The van der Waals surface area contributed by atoms with Crippen molar-refractivity contribution in [2.45, 2.75) is 0 Å². The Morgan fingerprint density at radius 2 is 1.73 bits per heavy atom. The molecule has 1 aromatic heterocycles. The molecule has 2 aliphatic rings. The number of carbonyl (C=O) groups is 2. The summed E-state index contributed by atoms with van der Waals surface area (Å²) in [6.07, 6.45) is 3.30. The maximum Gasteiger partial charge on any atom is 0.290 e. The second kappa shape index (κ2) is 7.17. The van der Waals surface area contributed by atoms with Gasteiger partial charge in [0.25, 0.3) is 11.1 Å². The van der Waals surface area contributed by atoms with Crippen molar-refractivity contribution in [2.75, 3.05) is 36.0 Å². The highest BCUT2D eigenvalue weighted by Gasteiger charge is 2.25. The van der Waals surface area contributed by atoms with Gasteiger partial charge >= 0.3 is 0 Å². The van der Waals surface area contributed by atoms with Crippen molar-refractivity contribution < 1.29 is 9.59 Å². The second-order valence-electron chi connectivity index (χ2n) is 5.94. The number of nitrogens with zero attached hydrogens (tertiary/aromatic N) is 4. The van der Waals surface area contributed by atoms with Crippen molar-refractivity contribution in [3.63, 3.8) is 0 Å². The van der Waals surface area contributed by atoms with E-state index in [9.17, 15) is 9.59 Å². The Morgan fingerprint density at radius 3 is 2.42 bits per heavy atom. The number of amides is 2. The lowest BCUT2D eigenvalue weighted by atomic mass is 10.2. The summed E-state index contributed by atoms with van der Waals surface area (Å²) >= 11 is 0.889. The zero-order valence-corrected chi connectivity index (χ0v) is 14.8. The summed E-state index contributed by atoms with van der Waals surface area (Å²) in [5.74, 6) is 0.262. The monoisotopic (exact) mass is 367 g/mol. The predicted molar refractivity (Wildman–Crippen MR) is 102 cm³/mol. The maximum atomic E-state index is 11.7. The lowest BCUT2D eigenvalue weighted by Crippen LogP contribution is -2.47. The first-order chi connectivity index (χ1) is 12.7. The number of thioether (sulfide) groups is 1. The van der Waals surface area contributed by atoms with Gasteiger partial charge in [0, 0.05) is 38.1 Å². The van der Waals surface area contributed by atoms with Crippen molar-refractivity contribution in [3.05, 3.63) is 53.2 Å². The summed E-state index contributed by atoms with van der Waals surface area (Å²) < 4.78 is 0. The summed E-state index contributed by atoms with van der Waals surface area (Å²) in [5.41, 5.74) is 1.84. The molecule has 7 nitrogen and oxygen atoms in total. The predicted octanol–water partition coefficient (Wildman–Crippen LogP) is 2.13. The van der Waals surface area contributed by atoms with Crippen LogP contribution in [-0.2, 0) is 4.79 Å². The molecule has 1 N–H and O–H groups in total. The molecule has 2 amide bonds. The van der Waals surface area contributed by atoms with Crippen LogP contribution in [0.4, 0.5) is 16.4 Å². The Kier molecular flexibility index (Phi) is 4.57. The molecule has 2 saturated heterocycles. The fraction of sp³-hybridized carbons (Fsp3) is 0.222. The van der Waals surface area contributed by atoms with E-state index in [1.54, 1.807) is 18.3 Å². The molecule has 2 aromatic rings. The van der Waals surface area contributed by atoms with E-state index in [2.05, 4.69) is 37.2 Å². The van der Waals surface area contributed by atoms with Crippen LogP contribution in [-0.4, -0.2) is 47.3 Å². The Bertz CT molecular complexity index is 863. The van der Waals surface area contributed by atoms with Crippen LogP contribution < -0.4 is 15.1 Å². The van der Waals surface area contributed by atoms with E-state index in [1.165, 1.54) is 5.69 Å². The van der Waals surface area contributed by atoms with Gasteiger partial charge in [-0.15, -0.1) is 0 Å².